The van der Waals surface area contributed by atoms with Crippen LogP contribution in [0.15, 0.2) is 29.4 Å². The fourth-order valence-corrected chi connectivity index (χ4v) is 4.79. The number of nitrogens with zero attached hydrogens (tertiary/aromatic N) is 2. The van der Waals surface area contributed by atoms with Crippen LogP contribution in [0.1, 0.15) is 43.9 Å². The van der Waals surface area contributed by atoms with Gasteiger partial charge in [0.1, 0.15) is 0 Å². The van der Waals surface area contributed by atoms with Crippen LogP contribution < -0.4 is 5.43 Å². The molecule has 1 amide bonds. The third kappa shape index (κ3) is 2.20. The summed E-state index contributed by atoms with van der Waals surface area (Å²) < 4.78 is 2.16. The van der Waals surface area contributed by atoms with Crippen LogP contribution in [-0.2, 0) is 11.8 Å². The number of rotatable bonds is 3. The molecule has 4 rings (SSSR count). The minimum absolute atomic E-state index is 0.0959. The van der Waals surface area contributed by atoms with Crippen molar-refractivity contribution >= 4 is 23.0 Å². The van der Waals surface area contributed by atoms with Gasteiger partial charge in [-0.2, -0.15) is 5.10 Å². The van der Waals surface area contributed by atoms with Crippen molar-refractivity contribution < 1.29 is 4.79 Å². The number of hydrogen-bond acceptors (Lipinski definition) is 2. The number of benzene rings is 1. The number of amides is 1. The molecular formula is C20H25N3O. The lowest BCUT2D eigenvalue weighted by molar-refractivity contribution is -0.123. The molecule has 0 saturated heterocycles. The third-order valence-corrected chi connectivity index (χ3v) is 6.43. The van der Waals surface area contributed by atoms with Crippen molar-refractivity contribution in [2.75, 3.05) is 0 Å². The molecule has 0 aliphatic heterocycles. The van der Waals surface area contributed by atoms with Gasteiger partial charge in [0.05, 0.1) is 6.21 Å². The Kier molecular flexibility index (Phi) is 3.52. The van der Waals surface area contributed by atoms with E-state index in [0.29, 0.717) is 5.92 Å². The Morgan fingerprint density at radius 3 is 2.92 bits per heavy atom. The Balaban J connectivity index is 1.51. The van der Waals surface area contributed by atoms with Crippen LogP contribution in [0.4, 0.5) is 0 Å². The highest BCUT2D eigenvalue weighted by molar-refractivity contribution is 6.01. The van der Waals surface area contributed by atoms with Crippen LogP contribution in [-0.4, -0.2) is 16.7 Å². The molecule has 1 aromatic heterocycles. The Labute approximate surface area is 142 Å². The average molecular weight is 323 g/mol. The summed E-state index contributed by atoms with van der Waals surface area (Å²) in [6.45, 7) is 4.35. The number of aromatic nitrogens is 1. The maximum Gasteiger partial charge on any atom is 0.244 e. The van der Waals surface area contributed by atoms with Crippen LogP contribution >= 0.6 is 0 Å². The Morgan fingerprint density at radius 1 is 1.38 bits per heavy atom. The van der Waals surface area contributed by atoms with E-state index in [1.165, 1.54) is 36.6 Å². The largest absolute Gasteiger partial charge is 0.347 e. The Morgan fingerprint density at radius 2 is 2.17 bits per heavy atom. The van der Waals surface area contributed by atoms with E-state index in [-0.39, 0.29) is 17.2 Å². The Hall–Kier alpha value is -2.10. The summed E-state index contributed by atoms with van der Waals surface area (Å²) in [5, 5.41) is 5.45. The summed E-state index contributed by atoms with van der Waals surface area (Å²) in [6.07, 6.45) is 6.70. The first-order valence-electron chi connectivity index (χ1n) is 8.91. The third-order valence-electron chi connectivity index (χ3n) is 6.43. The SMILES string of the molecule is Cc1c(/C=N\NC(=O)[C@@H]2[C@@H]3CCCC[C@]23C)c2ccccc2n1C. The smallest absolute Gasteiger partial charge is 0.244 e. The minimum atomic E-state index is 0.0959. The van der Waals surface area contributed by atoms with Crippen LogP contribution in [0.3, 0.4) is 0 Å². The highest BCUT2D eigenvalue weighted by Gasteiger charge is 2.64. The van der Waals surface area contributed by atoms with E-state index in [2.05, 4.69) is 48.1 Å². The van der Waals surface area contributed by atoms with Gasteiger partial charge in [-0.3, -0.25) is 4.79 Å². The quantitative estimate of drug-likeness (QED) is 0.678. The molecule has 0 radical (unpaired) electrons. The van der Waals surface area contributed by atoms with E-state index in [1.54, 1.807) is 6.21 Å². The average Bonchev–Trinajstić information content (AvgIpc) is 3.15. The highest BCUT2D eigenvalue weighted by Crippen LogP contribution is 2.66. The minimum Gasteiger partial charge on any atom is -0.347 e. The zero-order valence-corrected chi connectivity index (χ0v) is 14.7. The summed E-state index contributed by atoms with van der Waals surface area (Å²) in [6, 6.07) is 8.28. The lowest BCUT2D eigenvalue weighted by Gasteiger charge is -2.15. The predicted molar refractivity (Wildman–Crippen MR) is 96.9 cm³/mol. The summed E-state index contributed by atoms with van der Waals surface area (Å²) >= 11 is 0. The standard InChI is InChI=1S/C20H25N3O/c1-13-15(14-8-4-5-10-17(14)23(13)3)12-21-22-19(24)18-16-9-6-7-11-20(16,18)2/h4-5,8,10,12,16,18H,6-7,9,11H2,1-3H3,(H,22,24)/b21-12-/t16-,18-,20-/m0/s1. The second kappa shape index (κ2) is 5.47. The summed E-state index contributed by atoms with van der Waals surface area (Å²) in [7, 11) is 2.06. The second-order valence-electron chi connectivity index (χ2n) is 7.65. The number of carbonyl (C=O) groups is 1. The van der Waals surface area contributed by atoms with Crippen molar-refractivity contribution in [1.82, 2.24) is 9.99 Å². The van der Waals surface area contributed by atoms with Gasteiger partial charge < -0.3 is 4.57 Å². The monoisotopic (exact) mass is 323 g/mol. The molecule has 1 heterocycles. The number of nitrogens with one attached hydrogen (secondary N) is 1. The van der Waals surface area contributed by atoms with Crippen LogP contribution in [0.25, 0.3) is 10.9 Å². The van der Waals surface area contributed by atoms with Crippen molar-refractivity contribution in [3.63, 3.8) is 0 Å². The van der Waals surface area contributed by atoms with Gasteiger partial charge in [0, 0.05) is 35.1 Å². The van der Waals surface area contributed by atoms with E-state index in [4.69, 9.17) is 0 Å². The van der Waals surface area contributed by atoms with Crippen molar-refractivity contribution in [1.29, 1.82) is 0 Å². The maximum atomic E-state index is 12.5. The predicted octanol–water partition coefficient (Wildman–Crippen LogP) is 3.76. The molecule has 4 nitrogen and oxygen atoms in total. The topological polar surface area (TPSA) is 46.4 Å². The molecule has 0 spiro atoms. The fourth-order valence-electron chi connectivity index (χ4n) is 4.79. The molecular weight excluding hydrogens is 298 g/mol. The lowest BCUT2D eigenvalue weighted by Crippen LogP contribution is -2.22. The molecule has 2 aliphatic rings. The number of aryl methyl sites for hydroxylation is 1. The van der Waals surface area contributed by atoms with E-state index < -0.39 is 0 Å². The number of carbonyl (C=O) groups excluding carboxylic acids is 1. The van der Waals surface area contributed by atoms with Crippen molar-refractivity contribution in [2.24, 2.45) is 29.4 Å². The molecule has 24 heavy (non-hydrogen) atoms. The molecule has 2 fully saturated rings. The number of hydrogen-bond donors (Lipinski definition) is 1. The Bertz CT molecular complexity index is 835. The van der Waals surface area contributed by atoms with Crippen LogP contribution in [0.5, 0.6) is 0 Å². The van der Waals surface area contributed by atoms with E-state index in [1.807, 2.05) is 12.1 Å². The normalized spacial score (nSPS) is 29.0. The van der Waals surface area contributed by atoms with Gasteiger partial charge >= 0.3 is 0 Å². The molecule has 0 unspecified atom stereocenters. The molecule has 1 aromatic carbocycles. The van der Waals surface area contributed by atoms with Gasteiger partial charge in [0.15, 0.2) is 0 Å². The van der Waals surface area contributed by atoms with Gasteiger partial charge in [0.25, 0.3) is 0 Å². The number of para-hydroxylation sites is 1. The summed E-state index contributed by atoms with van der Waals surface area (Å²) in [5.74, 6) is 0.824. The maximum absolute atomic E-state index is 12.5. The fraction of sp³-hybridized carbons (Fsp3) is 0.500. The van der Waals surface area contributed by atoms with Crippen LogP contribution in [0.2, 0.25) is 0 Å². The first kappa shape index (κ1) is 15.4. The molecule has 126 valence electrons. The summed E-state index contributed by atoms with van der Waals surface area (Å²) in [4.78, 5) is 12.5. The molecule has 4 heteroatoms. The van der Waals surface area contributed by atoms with Crippen molar-refractivity contribution in [3.05, 3.63) is 35.5 Å². The zero-order chi connectivity index (χ0) is 16.9. The van der Waals surface area contributed by atoms with E-state index >= 15 is 0 Å². The highest BCUT2D eigenvalue weighted by atomic mass is 16.2. The molecule has 0 bridgehead atoms. The first-order chi connectivity index (χ1) is 11.5. The lowest BCUT2D eigenvalue weighted by atomic mass is 9.90. The zero-order valence-electron chi connectivity index (χ0n) is 14.7. The van der Waals surface area contributed by atoms with Gasteiger partial charge in [-0.1, -0.05) is 38.0 Å². The van der Waals surface area contributed by atoms with E-state index in [0.717, 1.165) is 11.3 Å². The van der Waals surface area contributed by atoms with Crippen LogP contribution in [0, 0.1) is 24.2 Å². The van der Waals surface area contributed by atoms with Gasteiger partial charge in [-0.25, -0.2) is 5.43 Å². The molecule has 2 saturated carbocycles. The number of fused-ring (bicyclic) bond motifs is 2. The molecule has 2 aliphatic carbocycles. The first-order valence-corrected chi connectivity index (χ1v) is 8.91. The van der Waals surface area contributed by atoms with E-state index in [9.17, 15) is 4.79 Å². The summed E-state index contributed by atoms with van der Waals surface area (Å²) in [5.41, 5.74) is 6.44. The van der Waals surface area contributed by atoms with Gasteiger partial charge in [-0.05, 0) is 37.2 Å². The van der Waals surface area contributed by atoms with Gasteiger partial charge in [-0.15, -0.1) is 0 Å². The molecule has 3 atom stereocenters. The molecule has 1 N–H and O–H groups in total. The van der Waals surface area contributed by atoms with Crippen molar-refractivity contribution in [3.8, 4) is 0 Å². The van der Waals surface area contributed by atoms with Crippen molar-refractivity contribution in [2.45, 2.75) is 39.5 Å². The second-order valence-corrected chi connectivity index (χ2v) is 7.65. The van der Waals surface area contributed by atoms with Gasteiger partial charge in [0.2, 0.25) is 5.91 Å². The molecule has 2 aromatic rings. The number of hydrazone groups is 1.